The van der Waals surface area contributed by atoms with Crippen molar-refractivity contribution in [1.29, 1.82) is 0 Å². The lowest BCUT2D eigenvalue weighted by atomic mass is 9.97. The van der Waals surface area contributed by atoms with Crippen molar-refractivity contribution in [2.24, 2.45) is 5.92 Å². The Morgan fingerprint density at radius 2 is 2.12 bits per heavy atom. The maximum absolute atomic E-state index is 11.6. The first kappa shape index (κ1) is 13.9. The van der Waals surface area contributed by atoms with E-state index in [-0.39, 0.29) is 6.09 Å². The van der Waals surface area contributed by atoms with Gasteiger partial charge in [-0.25, -0.2) is 4.79 Å². The van der Waals surface area contributed by atoms with Crippen LogP contribution >= 0.6 is 0 Å². The van der Waals surface area contributed by atoms with E-state index in [1.54, 1.807) is 4.90 Å². The van der Waals surface area contributed by atoms with E-state index in [2.05, 4.69) is 5.92 Å². The van der Waals surface area contributed by atoms with Gasteiger partial charge in [-0.15, -0.1) is 6.42 Å². The monoisotopic (exact) mass is 239 g/mol. The molecule has 0 aromatic heterocycles. The molecule has 1 saturated heterocycles. The molecule has 1 amide bonds. The molecule has 0 radical (unpaired) electrons. The predicted molar refractivity (Wildman–Crippen MR) is 65.6 cm³/mol. The van der Waals surface area contributed by atoms with Crippen molar-refractivity contribution in [3.8, 4) is 12.3 Å². The minimum absolute atomic E-state index is 0.224. The number of ether oxygens (including phenoxy) is 2. The van der Waals surface area contributed by atoms with E-state index in [9.17, 15) is 4.79 Å². The molecule has 96 valence electrons. The largest absolute Gasteiger partial charge is 0.444 e. The molecule has 1 fully saturated rings. The standard InChI is InChI=1S/C13H21NO3/c1-5-7-16-8-6-11-9-14(10-11)12(15)17-13(2,3)4/h1,11H,6-10H2,2-4H3. The molecule has 1 aliphatic rings. The lowest BCUT2D eigenvalue weighted by Crippen LogP contribution is -2.51. The van der Waals surface area contributed by atoms with E-state index in [0.29, 0.717) is 19.1 Å². The van der Waals surface area contributed by atoms with E-state index in [1.807, 2.05) is 20.8 Å². The zero-order valence-corrected chi connectivity index (χ0v) is 10.9. The van der Waals surface area contributed by atoms with Crippen molar-refractivity contribution in [1.82, 2.24) is 4.90 Å². The van der Waals surface area contributed by atoms with E-state index in [1.165, 1.54) is 0 Å². The van der Waals surface area contributed by atoms with Crippen LogP contribution in [0, 0.1) is 18.3 Å². The molecule has 4 heteroatoms. The lowest BCUT2D eigenvalue weighted by Gasteiger charge is -2.39. The van der Waals surface area contributed by atoms with Crippen molar-refractivity contribution in [3.63, 3.8) is 0 Å². The molecule has 0 spiro atoms. The van der Waals surface area contributed by atoms with Crippen LogP contribution in [0.4, 0.5) is 4.79 Å². The topological polar surface area (TPSA) is 38.8 Å². The summed E-state index contributed by atoms with van der Waals surface area (Å²) in [6, 6.07) is 0. The Kier molecular flexibility index (Phi) is 4.83. The third-order valence-corrected chi connectivity index (χ3v) is 2.46. The number of hydrogen-bond acceptors (Lipinski definition) is 3. The molecule has 4 nitrogen and oxygen atoms in total. The number of terminal acetylenes is 1. The second kappa shape index (κ2) is 5.92. The van der Waals surface area contributed by atoms with E-state index in [0.717, 1.165) is 19.5 Å². The van der Waals surface area contributed by atoms with Gasteiger partial charge in [0.1, 0.15) is 12.2 Å². The number of carbonyl (C=O) groups excluding carboxylic acids is 1. The molecule has 0 saturated carbocycles. The van der Waals surface area contributed by atoms with E-state index in [4.69, 9.17) is 15.9 Å². The Balaban J connectivity index is 2.11. The third kappa shape index (κ3) is 5.10. The molecule has 17 heavy (non-hydrogen) atoms. The van der Waals surface area contributed by atoms with Crippen LogP contribution in [0.15, 0.2) is 0 Å². The average Bonchev–Trinajstić information content (AvgIpc) is 2.11. The summed E-state index contributed by atoms with van der Waals surface area (Å²) in [5.74, 6) is 2.94. The van der Waals surface area contributed by atoms with Gasteiger partial charge in [-0.05, 0) is 33.1 Å². The third-order valence-electron chi connectivity index (χ3n) is 2.46. The highest BCUT2D eigenvalue weighted by Gasteiger charge is 2.33. The highest BCUT2D eigenvalue weighted by atomic mass is 16.6. The molecule has 0 aromatic carbocycles. The Labute approximate surface area is 103 Å². The summed E-state index contributed by atoms with van der Waals surface area (Å²) < 4.78 is 10.5. The van der Waals surface area contributed by atoms with Crippen LogP contribution in [0.5, 0.6) is 0 Å². The highest BCUT2D eigenvalue weighted by Crippen LogP contribution is 2.21. The second-order valence-electron chi connectivity index (χ2n) is 5.30. The van der Waals surface area contributed by atoms with Gasteiger partial charge in [0.05, 0.1) is 0 Å². The van der Waals surface area contributed by atoms with Gasteiger partial charge < -0.3 is 14.4 Å². The maximum Gasteiger partial charge on any atom is 0.410 e. The van der Waals surface area contributed by atoms with Gasteiger partial charge in [0.25, 0.3) is 0 Å². The summed E-state index contributed by atoms with van der Waals surface area (Å²) in [4.78, 5) is 13.3. The lowest BCUT2D eigenvalue weighted by molar-refractivity contribution is -0.00613. The molecule has 1 aliphatic heterocycles. The Morgan fingerprint density at radius 3 is 2.65 bits per heavy atom. The summed E-state index contributed by atoms with van der Waals surface area (Å²) in [5, 5.41) is 0. The summed E-state index contributed by atoms with van der Waals surface area (Å²) in [6.45, 7) is 8.16. The van der Waals surface area contributed by atoms with Crippen molar-refractivity contribution in [2.75, 3.05) is 26.3 Å². The van der Waals surface area contributed by atoms with Crippen molar-refractivity contribution in [2.45, 2.75) is 32.8 Å². The first-order valence-corrected chi connectivity index (χ1v) is 5.91. The molecule has 0 atom stereocenters. The summed E-state index contributed by atoms with van der Waals surface area (Å²) in [6.07, 6.45) is 5.79. The number of amides is 1. The van der Waals surface area contributed by atoms with Crippen LogP contribution in [0.25, 0.3) is 0 Å². The van der Waals surface area contributed by atoms with Crippen molar-refractivity contribution >= 4 is 6.09 Å². The molecular weight excluding hydrogens is 218 g/mol. The van der Waals surface area contributed by atoms with Gasteiger partial charge in [-0.1, -0.05) is 5.92 Å². The first-order valence-electron chi connectivity index (χ1n) is 5.91. The van der Waals surface area contributed by atoms with E-state index >= 15 is 0 Å². The Hall–Kier alpha value is -1.21. The minimum Gasteiger partial charge on any atom is -0.444 e. The molecule has 0 aliphatic carbocycles. The summed E-state index contributed by atoms with van der Waals surface area (Å²) in [5.41, 5.74) is -0.419. The fourth-order valence-electron chi connectivity index (χ4n) is 1.61. The molecule has 0 aromatic rings. The van der Waals surface area contributed by atoms with Gasteiger partial charge in [-0.2, -0.15) is 0 Å². The average molecular weight is 239 g/mol. The predicted octanol–water partition coefficient (Wildman–Crippen LogP) is 1.89. The molecule has 0 unspecified atom stereocenters. The van der Waals surface area contributed by atoms with Crippen LogP contribution in [0.3, 0.4) is 0 Å². The number of nitrogens with zero attached hydrogens (tertiary/aromatic N) is 1. The van der Waals surface area contributed by atoms with E-state index < -0.39 is 5.60 Å². The van der Waals surface area contributed by atoms with Crippen molar-refractivity contribution in [3.05, 3.63) is 0 Å². The Morgan fingerprint density at radius 1 is 1.47 bits per heavy atom. The fourth-order valence-corrected chi connectivity index (χ4v) is 1.61. The molecule has 1 rings (SSSR count). The van der Waals surface area contributed by atoms with Crippen molar-refractivity contribution < 1.29 is 14.3 Å². The van der Waals surface area contributed by atoms with Crippen LogP contribution in [0.1, 0.15) is 27.2 Å². The number of likely N-dealkylation sites (tertiary alicyclic amines) is 1. The number of carbonyl (C=O) groups is 1. The molecule has 0 N–H and O–H groups in total. The molecular formula is C13H21NO3. The summed E-state index contributed by atoms with van der Waals surface area (Å²) in [7, 11) is 0. The van der Waals surface area contributed by atoms with Gasteiger partial charge in [-0.3, -0.25) is 0 Å². The quantitative estimate of drug-likeness (QED) is 0.555. The minimum atomic E-state index is -0.419. The van der Waals surface area contributed by atoms with Crippen LogP contribution in [-0.4, -0.2) is 42.9 Å². The van der Waals surface area contributed by atoms with Crippen LogP contribution < -0.4 is 0 Å². The van der Waals surface area contributed by atoms with Gasteiger partial charge >= 0.3 is 6.09 Å². The first-order chi connectivity index (χ1) is 7.92. The van der Waals surface area contributed by atoms with Gasteiger partial charge in [0.2, 0.25) is 0 Å². The fraction of sp³-hybridized carbons (Fsp3) is 0.769. The Bertz CT molecular complexity index is 295. The SMILES string of the molecule is C#CCOCCC1CN(C(=O)OC(C)(C)C)C1. The molecule has 1 heterocycles. The number of rotatable bonds is 4. The smallest absolute Gasteiger partial charge is 0.410 e. The zero-order valence-electron chi connectivity index (χ0n) is 10.9. The van der Waals surface area contributed by atoms with Gasteiger partial charge in [0.15, 0.2) is 0 Å². The van der Waals surface area contributed by atoms with Crippen LogP contribution in [0.2, 0.25) is 0 Å². The van der Waals surface area contributed by atoms with Crippen LogP contribution in [-0.2, 0) is 9.47 Å². The second-order valence-corrected chi connectivity index (χ2v) is 5.30. The van der Waals surface area contributed by atoms with Gasteiger partial charge in [0, 0.05) is 19.7 Å². The number of hydrogen-bond donors (Lipinski definition) is 0. The highest BCUT2D eigenvalue weighted by molar-refractivity contribution is 5.69. The zero-order chi connectivity index (χ0) is 12.9. The molecule has 0 bridgehead atoms. The normalized spacial score (nSPS) is 16.2. The maximum atomic E-state index is 11.6. The summed E-state index contributed by atoms with van der Waals surface area (Å²) >= 11 is 0.